The molecule has 0 spiro atoms. The summed E-state index contributed by atoms with van der Waals surface area (Å²) in [6.45, 7) is 8.84. The van der Waals surface area contributed by atoms with Gasteiger partial charge in [-0.3, -0.25) is 4.79 Å². The molecule has 0 aromatic carbocycles. The molecule has 0 fully saturated rings. The molecule has 2 atom stereocenters. The van der Waals surface area contributed by atoms with E-state index in [-0.39, 0.29) is 5.92 Å². The molecule has 0 aliphatic rings. The first-order chi connectivity index (χ1) is 5.90. The number of carbonyl (C=O) groups is 1. The molecule has 13 heavy (non-hydrogen) atoms. The standard InChI is InChI=1S/C10H18O3/c1-6-10(12,7(2)3)8(4)9(11)13-5/h6-8,12H,1H2,2-5H3. The molecule has 0 bridgehead atoms. The summed E-state index contributed by atoms with van der Waals surface area (Å²) in [5, 5.41) is 10.0. The summed E-state index contributed by atoms with van der Waals surface area (Å²) < 4.78 is 4.56. The van der Waals surface area contributed by atoms with Crippen LogP contribution in [0.15, 0.2) is 12.7 Å². The molecule has 0 aliphatic carbocycles. The van der Waals surface area contributed by atoms with Crippen LogP contribution in [0.3, 0.4) is 0 Å². The second-order valence-corrected chi connectivity index (χ2v) is 3.49. The lowest BCUT2D eigenvalue weighted by Crippen LogP contribution is -2.43. The molecule has 0 aromatic rings. The highest BCUT2D eigenvalue weighted by Gasteiger charge is 2.38. The summed E-state index contributed by atoms with van der Waals surface area (Å²) in [6.07, 6.45) is 1.40. The fourth-order valence-corrected chi connectivity index (χ4v) is 1.28. The minimum Gasteiger partial charge on any atom is -0.469 e. The van der Waals surface area contributed by atoms with Gasteiger partial charge in [0.15, 0.2) is 0 Å². The van der Waals surface area contributed by atoms with Crippen molar-refractivity contribution in [3.63, 3.8) is 0 Å². The van der Waals surface area contributed by atoms with Crippen LogP contribution in [0.5, 0.6) is 0 Å². The Balaban J connectivity index is 4.76. The summed E-state index contributed by atoms with van der Waals surface area (Å²) >= 11 is 0. The third-order valence-corrected chi connectivity index (χ3v) is 2.50. The van der Waals surface area contributed by atoms with Gasteiger partial charge < -0.3 is 9.84 Å². The Morgan fingerprint density at radius 3 is 2.23 bits per heavy atom. The molecular weight excluding hydrogens is 168 g/mol. The van der Waals surface area contributed by atoms with Crippen molar-refractivity contribution in [3.05, 3.63) is 12.7 Å². The molecule has 1 N–H and O–H groups in total. The quantitative estimate of drug-likeness (QED) is 0.533. The third-order valence-electron chi connectivity index (χ3n) is 2.50. The van der Waals surface area contributed by atoms with E-state index in [9.17, 15) is 9.90 Å². The van der Waals surface area contributed by atoms with Crippen LogP contribution in [0.1, 0.15) is 20.8 Å². The predicted molar refractivity (Wildman–Crippen MR) is 51.2 cm³/mol. The van der Waals surface area contributed by atoms with Crippen molar-refractivity contribution in [1.29, 1.82) is 0 Å². The Morgan fingerprint density at radius 1 is 1.54 bits per heavy atom. The van der Waals surface area contributed by atoms with E-state index in [1.165, 1.54) is 13.2 Å². The fraction of sp³-hybridized carbons (Fsp3) is 0.700. The van der Waals surface area contributed by atoms with Crippen molar-refractivity contribution in [1.82, 2.24) is 0 Å². The summed E-state index contributed by atoms with van der Waals surface area (Å²) in [7, 11) is 1.31. The topological polar surface area (TPSA) is 46.5 Å². The monoisotopic (exact) mass is 186 g/mol. The van der Waals surface area contributed by atoms with Crippen LogP contribution in [0.4, 0.5) is 0 Å². The number of esters is 1. The maximum atomic E-state index is 11.2. The van der Waals surface area contributed by atoms with E-state index >= 15 is 0 Å². The Labute approximate surface area is 79.4 Å². The highest BCUT2D eigenvalue weighted by Crippen LogP contribution is 2.28. The van der Waals surface area contributed by atoms with Gasteiger partial charge in [-0.25, -0.2) is 0 Å². The number of rotatable bonds is 4. The van der Waals surface area contributed by atoms with Crippen molar-refractivity contribution in [2.75, 3.05) is 7.11 Å². The van der Waals surface area contributed by atoms with E-state index in [1.807, 2.05) is 13.8 Å². The average Bonchev–Trinajstić information content (AvgIpc) is 2.13. The van der Waals surface area contributed by atoms with Gasteiger partial charge >= 0.3 is 5.97 Å². The minimum atomic E-state index is -1.19. The van der Waals surface area contributed by atoms with Crippen molar-refractivity contribution >= 4 is 5.97 Å². The van der Waals surface area contributed by atoms with Crippen LogP contribution in [0.2, 0.25) is 0 Å². The van der Waals surface area contributed by atoms with E-state index in [2.05, 4.69) is 11.3 Å². The Hall–Kier alpha value is -0.830. The fourth-order valence-electron chi connectivity index (χ4n) is 1.28. The Kier molecular flexibility index (Phi) is 4.14. The second kappa shape index (κ2) is 4.42. The number of methoxy groups -OCH3 is 1. The Bertz CT molecular complexity index is 198. The molecule has 0 heterocycles. The van der Waals surface area contributed by atoms with Crippen LogP contribution in [-0.4, -0.2) is 23.8 Å². The lowest BCUT2D eigenvalue weighted by molar-refractivity contribution is -0.154. The van der Waals surface area contributed by atoms with Gasteiger partial charge in [0.25, 0.3) is 0 Å². The predicted octanol–water partition coefficient (Wildman–Crippen LogP) is 1.37. The molecule has 3 nitrogen and oxygen atoms in total. The van der Waals surface area contributed by atoms with Crippen LogP contribution in [0.25, 0.3) is 0 Å². The molecule has 3 heteroatoms. The van der Waals surface area contributed by atoms with E-state index < -0.39 is 17.5 Å². The van der Waals surface area contributed by atoms with Crippen molar-refractivity contribution in [2.45, 2.75) is 26.4 Å². The van der Waals surface area contributed by atoms with Gasteiger partial charge in [-0.15, -0.1) is 6.58 Å². The highest BCUT2D eigenvalue weighted by molar-refractivity contribution is 5.73. The molecule has 0 amide bonds. The van der Waals surface area contributed by atoms with Gasteiger partial charge in [-0.2, -0.15) is 0 Å². The molecule has 0 saturated carbocycles. The van der Waals surface area contributed by atoms with Crippen molar-refractivity contribution in [3.8, 4) is 0 Å². The first kappa shape index (κ1) is 12.2. The maximum absolute atomic E-state index is 11.2. The number of aliphatic hydroxyl groups is 1. The third kappa shape index (κ3) is 2.31. The summed E-state index contributed by atoms with van der Waals surface area (Å²) in [5.41, 5.74) is -1.19. The number of hydrogen-bond donors (Lipinski definition) is 1. The molecule has 0 rings (SSSR count). The largest absolute Gasteiger partial charge is 0.469 e. The van der Waals surface area contributed by atoms with Gasteiger partial charge in [-0.1, -0.05) is 19.9 Å². The van der Waals surface area contributed by atoms with E-state index in [0.717, 1.165) is 0 Å². The molecule has 0 aromatic heterocycles. The zero-order valence-electron chi connectivity index (χ0n) is 8.70. The van der Waals surface area contributed by atoms with Gasteiger partial charge in [0.1, 0.15) is 0 Å². The molecule has 2 unspecified atom stereocenters. The maximum Gasteiger partial charge on any atom is 0.311 e. The lowest BCUT2D eigenvalue weighted by Gasteiger charge is -2.33. The van der Waals surface area contributed by atoms with Crippen LogP contribution < -0.4 is 0 Å². The van der Waals surface area contributed by atoms with E-state index in [0.29, 0.717) is 0 Å². The summed E-state index contributed by atoms with van der Waals surface area (Å²) in [5.74, 6) is -1.08. The van der Waals surface area contributed by atoms with Crippen LogP contribution in [-0.2, 0) is 9.53 Å². The van der Waals surface area contributed by atoms with Gasteiger partial charge in [-0.05, 0) is 12.8 Å². The van der Waals surface area contributed by atoms with Gasteiger partial charge in [0.05, 0.1) is 18.6 Å². The van der Waals surface area contributed by atoms with Gasteiger partial charge in [0.2, 0.25) is 0 Å². The second-order valence-electron chi connectivity index (χ2n) is 3.49. The number of carbonyl (C=O) groups excluding carboxylic acids is 1. The first-order valence-corrected chi connectivity index (χ1v) is 4.34. The number of ether oxygens (including phenoxy) is 1. The minimum absolute atomic E-state index is 0.0703. The van der Waals surface area contributed by atoms with Crippen molar-refractivity contribution in [2.24, 2.45) is 11.8 Å². The van der Waals surface area contributed by atoms with E-state index in [1.54, 1.807) is 6.92 Å². The van der Waals surface area contributed by atoms with Crippen molar-refractivity contribution < 1.29 is 14.6 Å². The zero-order chi connectivity index (χ0) is 10.6. The zero-order valence-corrected chi connectivity index (χ0v) is 8.70. The molecule has 76 valence electrons. The lowest BCUT2D eigenvalue weighted by atomic mass is 9.79. The molecule has 0 saturated heterocycles. The number of hydrogen-bond acceptors (Lipinski definition) is 3. The molecule has 0 aliphatic heterocycles. The van der Waals surface area contributed by atoms with Crippen LogP contribution >= 0.6 is 0 Å². The SMILES string of the molecule is C=CC(O)(C(C)C)C(C)C(=O)OC. The first-order valence-electron chi connectivity index (χ1n) is 4.34. The van der Waals surface area contributed by atoms with Gasteiger partial charge in [0, 0.05) is 0 Å². The summed E-state index contributed by atoms with van der Waals surface area (Å²) in [6, 6.07) is 0. The highest BCUT2D eigenvalue weighted by atomic mass is 16.5. The average molecular weight is 186 g/mol. The van der Waals surface area contributed by atoms with Crippen LogP contribution in [0, 0.1) is 11.8 Å². The molecular formula is C10H18O3. The van der Waals surface area contributed by atoms with E-state index in [4.69, 9.17) is 0 Å². The summed E-state index contributed by atoms with van der Waals surface area (Å²) in [4.78, 5) is 11.2. The molecule has 0 radical (unpaired) electrons. The normalized spacial score (nSPS) is 17.7. The smallest absolute Gasteiger partial charge is 0.311 e. The Morgan fingerprint density at radius 2 is 2.00 bits per heavy atom.